The number of rotatable bonds is 40. The van der Waals surface area contributed by atoms with Crippen LogP contribution in [0.3, 0.4) is 0 Å². The van der Waals surface area contributed by atoms with E-state index in [4.69, 9.17) is 19.1 Å². The first-order chi connectivity index (χ1) is 26.2. The van der Waals surface area contributed by atoms with Crippen molar-refractivity contribution in [3.63, 3.8) is 0 Å². The highest BCUT2D eigenvalue weighted by Crippen LogP contribution is 2.43. The van der Waals surface area contributed by atoms with Crippen LogP contribution in [0.4, 0.5) is 0 Å². The van der Waals surface area contributed by atoms with Crippen molar-refractivity contribution >= 4 is 19.8 Å². The average molecular weight is 787 g/mol. The monoisotopic (exact) mass is 787 g/mol. The number of carbonyl (C=O) groups is 2. The molecule has 0 amide bonds. The molecule has 0 aliphatic rings. The third-order valence-corrected chi connectivity index (χ3v) is 10.0. The normalized spacial score (nSPS) is 14.2. The number of aliphatic hydroxyl groups is 2. The Hall–Kier alpha value is -1.81. The summed E-state index contributed by atoms with van der Waals surface area (Å²) in [5.41, 5.74) is 0. The second kappa shape index (κ2) is 39.4. The van der Waals surface area contributed by atoms with Gasteiger partial charge in [0.25, 0.3) is 0 Å². The van der Waals surface area contributed by atoms with Crippen molar-refractivity contribution in [1.82, 2.24) is 0 Å². The average Bonchev–Trinajstić information content (AvgIpc) is 3.16. The largest absolute Gasteiger partial charge is 0.472 e. The number of aliphatic hydroxyl groups excluding tert-OH is 2. The molecule has 10 nitrogen and oxygen atoms in total. The van der Waals surface area contributed by atoms with Gasteiger partial charge in [0.05, 0.1) is 19.8 Å². The fourth-order valence-corrected chi connectivity index (χ4v) is 6.56. The number of allylic oxidation sites excluding steroid dienone is 6. The Bertz CT molecular complexity index is 999. The molecule has 0 aliphatic heterocycles. The van der Waals surface area contributed by atoms with Crippen LogP contribution in [-0.2, 0) is 32.7 Å². The molecule has 3 N–H and O–H groups in total. The van der Waals surface area contributed by atoms with Crippen molar-refractivity contribution in [1.29, 1.82) is 0 Å². The molecule has 0 heterocycles. The predicted molar refractivity (Wildman–Crippen MR) is 219 cm³/mol. The fraction of sp³-hybridized carbons (Fsp3) is 0.814. The van der Waals surface area contributed by atoms with Crippen molar-refractivity contribution in [3.8, 4) is 0 Å². The maximum Gasteiger partial charge on any atom is 0.472 e. The predicted octanol–water partition coefficient (Wildman–Crippen LogP) is 11.2. The zero-order chi connectivity index (χ0) is 39.8. The van der Waals surface area contributed by atoms with E-state index in [1.54, 1.807) is 0 Å². The topological polar surface area (TPSA) is 149 Å². The van der Waals surface area contributed by atoms with Crippen molar-refractivity contribution in [3.05, 3.63) is 36.5 Å². The molecule has 0 fully saturated rings. The van der Waals surface area contributed by atoms with E-state index in [2.05, 4.69) is 54.8 Å². The molecule has 0 saturated carbocycles. The minimum absolute atomic E-state index is 0.183. The summed E-state index contributed by atoms with van der Waals surface area (Å²) >= 11 is 0. The number of hydrogen-bond acceptors (Lipinski definition) is 9. The summed E-state index contributed by atoms with van der Waals surface area (Å²) in [5, 5.41) is 18.3. The molecule has 1 unspecified atom stereocenters. The molecule has 0 aromatic rings. The zero-order valence-corrected chi connectivity index (χ0v) is 35.1. The van der Waals surface area contributed by atoms with Gasteiger partial charge in [-0.3, -0.25) is 18.6 Å². The van der Waals surface area contributed by atoms with Crippen molar-refractivity contribution in [2.45, 2.75) is 199 Å². The second-order valence-electron chi connectivity index (χ2n) is 14.3. The summed E-state index contributed by atoms with van der Waals surface area (Å²) in [5.74, 6) is -0.940. The Balaban J connectivity index is 4.31. The first kappa shape index (κ1) is 52.2. The number of ether oxygens (including phenoxy) is 2. The van der Waals surface area contributed by atoms with E-state index < -0.39 is 51.8 Å². The van der Waals surface area contributed by atoms with Crippen LogP contribution in [-0.4, -0.2) is 65.7 Å². The first-order valence-electron chi connectivity index (χ1n) is 21.4. The molecular formula is C43H79O10P. The lowest BCUT2D eigenvalue weighted by molar-refractivity contribution is -0.161. The molecule has 0 aromatic heterocycles. The molecule has 0 radical (unpaired) electrons. The van der Waals surface area contributed by atoms with Crippen LogP contribution in [0.15, 0.2) is 36.5 Å². The molecule has 0 aliphatic carbocycles. The Morgan fingerprint density at radius 1 is 0.574 bits per heavy atom. The van der Waals surface area contributed by atoms with Gasteiger partial charge in [-0.05, 0) is 44.9 Å². The van der Waals surface area contributed by atoms with Crippen molar-refractivity contribution in [2.75, 3.05) is 26.4 Å². The maximum absolute atomic E-state index is 12.6. The smallest absolute Gasteiger partial charge is 0.462 e. The van der Waals surface area contributed by atoms with E-state index in [1.807, 2.05) is 0 Å². The molecule has 0 spiro atoms. The van der Waals surface area contributed by atoms with Crippen LogP contribution in [0, 0.1) is 0 Å². The van der Waals surface area contributed by atoms with Gasteiger partial charge in [0, 0.05) is 12.8 Å². The SMILES string of the molecule is CC/C=C/C/C=C/C/C=C/CCCCCCCC(=O)OC[C@H](COP(=O)(O)OC[C@@H](O)CO)OC(=O)CCCCCCCCCCCCCCCCCC. The lowest BCUT2D eigenvalue weighted by Gasteiger charge is -2.20. The van der Waals surface area contributed by atoms with Gasteiger partial charge >= 0.3 is 19.8 Å². The number of unbranched alkanes of at least 4 members (excludes halogenated alkanes) is 20. The van der Waals surface area contributed by atoms with E-state index in [9.17, 15) is 24.2 Å². The minimum Gasteiger partial charge on any atom is -0.462 e. The number of esters is 2. The zero-order valence-electron chi connectivity index (χ0n) is 34.2. The quantitative estimate of drug-likeness (QED) is 0.0237. The summed E-state index contributed by atoms with van der Waals surface area (Å²) in [7, 11) is -4.62. The molecule has 316 valence electrons. The van der Waals surface area contributed by atoms with E-state index in [1.165, 1.54) is 77.0 Å². The lowest BCUT2D eigenvalue weighted by Crippen LogP contribution is -2.29. The van der Waals surface area contributed by atoms with Gasteiger partial charge in [0.15, 0.2) is 6.10 Å². The molecule has 3 atom stereocenters. The molecule has 11 heteroatoms. The van der Waals surface area contributed by atoms with Gasteiger partial charge in [-0.15, -0.1) is 0 Å². The molecule has 0 saturated heterocycles. The Kier molecular flexibility index (Phi) is 38.1. The van der Waals surface area contributed by atoms with Gasteiger partial charge in [-0.25, -0.2) is 4.57 Å². The van der Waals surface area contributed by atoms with E-state index in [-0.39, 0.29) is 19.4 Å². The Morgan fingerprint density at radius 2 is 1.02 bits per heavy atom. The highest BCUT2D eigenvalue weighted by molar-refractivity contribution is 7.47. The van der Waals surface area contributed by atoms with E-state index in [0.717, 1.165) is 70.6 Å². The highest BCUT2D eigenvalue weighted by atomic mass is 31.2. The second-order valence-corrected chi connectivity index (χ2v) is 15.8. The Labute approximate surface area is 329 Å². The van der Waals surface area contributed by atoms with E-state index in [0.29, 0.717) is 12.8 Å². The molecular weight excluding hydrogens is 707 g/mol. The third kappa shape index (κ3) is 38.5. The molecule has 0 bridgehead atoms. The van der Waals surface area contributed by atoms with Gasteiger partial charge in [0.1, 0.15) is 12.7 Å². The third-order valence-electron chi connectivity index (χ3n) is 9.06. The highest BCUT2D eigenvalue weighted by Gasteiger charge is 2.27. The van der Waals surface area contributed by atoms with Crippen LogP contribution in [0.1, 0.15) is 187 Å². The molecule has 0 aromatic carbocycles. The summed E-state index contributed by atoms with van der Waals surface area (Å²) < 4.78 is 32.7. The van der Waals surface area contributed by atoms with Crippen molar-refractivity contribution < 1.29 is 47.8 Å². The standard InChI is InChI=1S/C43H79O10P/c1-3-5-7-9-11-13-15-17-19-21-23-25-27-29-31-33-35-43(47)53-41(39-52-54(48,49)51-37-40(45)36-44)38-50-42(46)34-32-30-28-26-24-22-20-18-16-14-12-10-8-6-4-2/h6,8,12,14,18,20,40-41,44-45H,3-5,7,9-11,13,15-17,19,21-39H2,1-2H3,(H,48,49)/b8-6+,14-12+,20-18+/t40-,41+/m0/s1. The summed E-state index contributed by atoms with van der Waals surface area (Å²) in [6.45, 7) is 2.26. The number of phosphoric acid groups is 1. The molecule has 54 heavy (non-hydrogen) atoms. The van der Waals surface area contributed by atoms with Gasteiger partial charge in [0.2, 0.25) is 0 Å². The minimum atomic E-state index is -4.62. The fourth-order valence-electron chi connectivity index (χ4n) is 5.77. The maximum atomic E-state index is 12.6. The summed E-state index contributed by atoms with van der Waals surface area (Å²) in [6, 6.07) is 0. The van der Waals surface area contributed by atoms with Crippen molar-refractivity contribution in [2.24, 2.45) is 0 Å². The van der Waals surface area contributed by atoms with Gasteiger partial charge in [-0.1, -0.05) is 166 Å². The molecule has 0 rings (SSSR count). The van der Waals surface area contributed by atoms with Crippen LogP contribution < -0.4 is 0 Å². The van der Waals surface area contributed by atoms with Crippen LogP contribution >= 0.6 is 7.82 Å². The number of hydrogen-bond donors (Lipinski definition) is 3. The van der Waals surface area contributed by atoms with E-state index >= 15 is 0 Å². The lowest BCUT2D eigenvalue weighted by atomic mass is 10.0. The van der Waals surface area contributed by atoms with Gasteiger partial charge < -0.3 is 24.6 Å². The number of phosphoric ester groups is 1. The number of carbonyl (C=O) groups excluding carboxylic acids is 2. The van der Waals surface area contributed by atoms with Crippen LogP contribution in [0.5, 0.6) is 0 Å². The summed E-state index contributed by atoms with van der Waals surface area (Å²) in [4.78, 5) is 35.0. The first-order valence-corrected chi connectivity index (χ1v) is 22.9. The van der Waals surface area contributed by atoms with Crippen LogP contribution in [0.2, 0.25) is 0 Å². The Morgan fingerprint density at radius 3 is 1.54 bits per heavy atom. The van der Waals surface area contributed by atoms with Gasteiger partial charge in [-0.2, -0.15) is 0 Å². The van der Waals surface area contributed by atoms with Crippen LogP contribution in [0.25, 0.3) is 0 Å². The summed E-state index contributed by atoms with van der Waals surface area (Å²) in [6.07, 6.45) is 39.6.